The van der Waals surface area contributed by atoms with Crippen LogP contribution in [0.5, 0.6) is 5.75 Å². The quantitative estimate of drug-likeness (QED) is 0.747. The zero-order valence-electron chi connectivity index (χ0n) is 13.5. The summed E-state index contributed by atoms with van der Waals surface area (Å²) in [5, 5.41) is 11.4. The van der Waals surface area contributed by atoms with Crippen molar-refractivity contribution < 1.29 is 9.53 Å². The van der Waals surface area contributed by atoms with Gasteiger partial charge in [-0.1, -0.05) is 26.0 Å². The number of hydrogen-bond donors (Lipinski definition) is 1. The van der Waals surface area contributed by atoms with Crippen LogP contribution in [-0.2, 0) is 4.79 Å². The minimum Gasteiger partial charge on any atom is -0.479 e. The summed E-state index contributed by atoms with van der Waals surface area (Å²) in [6, 6.07) is 9.35. The third kappa shape index (κ3) is 7.49. The van der Waals surface area contributed by atoms with Crippen LogP contribution in [0.1, 0.15) is 39.2 Å². The molecule has 118 valence electrons. The molecule has 0 aromatic heterocycles. The lowest BCUT2D eigenvalue weighted by Gasteiger charge is -2.13. The summed E-state index contributed by atoms with van der Waals surface area (Å²) >= 11 is 0. The number of carbonyl (C=O) groups is 1. The van der Waals surface area contributed by atoms with Crippen molar-refractivity contribution in [2.75, 3.05) is 6.61 Å². The Morgan fingerprint density at radius 2 is 1.95 bits per heavy atom. The molecule has 1 rings (SSSR count). The van der Waals surface area contributed by atoms with Crippen LogP contribution in [0.25, 0.3) is 6.08 Å². The molecule has 1 aromatic carbocycles. The lowest BCUT2D eigenvalue weighted by Crippen LogP contribution is -2.31. The largest absolute Gasteiger partial charge is 0.479 e. The third-order valence-electron chi connectivity index (χ3n) is 3.18. The molecule has 1 N–H and O–H groups in total. The standard InChI is InChI=1S/C18H24N2O2/c1-14(2)4-5-15(3)20-18(21)11-8-16-6-9-17(10-7-16)22-13-12-19/h6-11,14-15H,4-5,13H2,1-3H3,(H,20,21)/b11-8+. The second-order valence-electron chi connectivity index (χ2n) is 5.73. The van der Waals surface area contributed by atoms with Gasteiger partial charge in [-0.3, -0.25) is 4.79 Å². The number of hydrogen-bond acceptors (Lipinski definition) is 3. The number of nitriles is 1. The van der Waals surface area contributed by atoms with Crippen LogP contribution >= 0.6 is 0 Å². The van der Waals surface area contributed by atoms with E-state index < -0.39 is 0 Å². The van der Waals surface area contributed by atoms with E-state index in [0.717, 1.165) is 18.4 Å². The number of nitrogens with one attached hydrogen (secondary N) is 1. The Kier molecular flexibility index (Phi) is 7.77. The van der Waals surface area contributed by atoms with E-state index in [0.29, 0.717) is 11.7 Å². The Bertz CT molecular complexity index is 527. The predicted octanol–water partition coefficient (Wildman–Crippen LogP) is 3.54. The van der Waals surface area contributed by atoms with Gasteiger partial charge in [0.1, 0.15) is 11.8 Å². The second kappa shape index (κ2) is 9.62. The molecule has 0 bridgehead atoms. The Morgan fingerprint density at radius 1 is 1.27 bits per heavy atom. The normalized spacial score (nSPS) is 12.1. The molecule has 0 aliphatic heterocycles. The molecule has 4 heteroatoms. The number of amides is 1. The van der Waals surface area contributed by atoms with Crippen molar-refractivity contribution in [3.63, 3.8) is 0 Å². The van der Waals surface area contributed by atoms with Crippen molar-refractivity contribution in [3.05, 3.63) is 35.9 Å². The van der Waals surface area contributed by atoms with Gasteiger partial charge in [0.2, 0.25) is 5.91 Å². The van der Waals surface area contributed by atoms with Gasteiger partial charge in [-0.05, 0) is 49.5 Å². The molecule has 1 unspecified atom stereocenters. The van der Waals surface area contributed by atoms with Gasteiger partial charge in [-0.2, -0.15) is 5.26 Å². The minimum absolute atomic E-state index is 0.0336. The average molecular weight is 300 g/mol. The van der Waals surface area contributed by atoms with E-state index in [9.17, 15) is 4.79 Å². The van der Waals surface area contributed by atoms with Crippen molar-refractivity contribution in [2.45, 2.75) is 39.7 Å². The van der Waals surface area contributed by atoms with Crippen molar-refractivity contribution in [1.82, 2.24) is 5.32 Å². The molecule has 4 nitrogen and oxygen atoms in total. The summed E-state index contributed by atoms with van der Waals surface area (Å²) in [7, 11) is 0. The first-order valence-corrected chi connectivity index (χ1v) is 7.59. The van der Waals surface area contributed by atoms with E-state index >= 15 is 0 Å². The van der Waals surface area contributed by atoms with E-state index in [-0.39, 0.29) is 18.6 Å². The van der Waals surface area contributed by atoms with Gasteiger partial charge in [0.25, 0.3) is 0 Å². The maximum atomic E-state index is 11.8. The number of carbonyl (C=O) groups excluding carboxylic acids is 1. The second-order valence-corrected chi connectivity index (χ2v) is 5.73. The Balaban J connectivity index is 2.43. The van der Waals surface area contributed by atoms with Gasteiger partial charge in [0, 0.05) is 12.1 Å². The highest BCUT2D eigenvalue weighted by Crippen LogP contribution is 2.13. The van der Waals surface area contributed by atoms with Crippen molar-refractivity contribution in [2.24, 2.45) is 5.92 Å². The van der Waals surface area contributed by atoms with E-state index in [1.54, 1.807) is 18.2 Å². The van der Waals surface area contributed by atoms with Gasteiger partial charge in [0.05, 0.1) is 0 Å². The zero-order chi connectivity index (χ0) is 16.4. The minimum atomic E-state index is -0.0823. The van der Waals surface area contributed by atoms with Gasteiger partial charge >= 0.3 is 0 Å². The maximum Gasteiger partial charge on any atom is 0.244 e. The fourth-order valence-electron chi connectivity index (χ4n) is 1.91. The molecule has 0 fully saturated rings. The Hall–Kier alpha value is -2.28. The van der Waals surface area contributed by atoms with E-state index in [1.165, 1.54) is 6.08 Å². The molecule has 1 aromatic rings. The highest BCUT2D eigenvalue weighted by molar-refractivity contribution is 5.91. The molecule has 0 radical (unpaired) electrons. The number of ether oxygens (including phenoxy) is 1. The topological polar surface area (TPSA) is 62.1 Å². The van der Waals surface area contributed by atoms with Crippen LogP contribution in [0.3, 0.4) is 0 Å². The molecular formula is C18H24N2O2. The van der Waals surface area contributed by atoms with Crippen LogP contribution in [0.15, 0.2) is 30.3 Å². The van der Waals surface area contributed by atoms with Gasteiger partial charge < -0.3 is 10.1 Å². The van der Waals surface area contributed by atoms with Crippen LogP contribution < -0.4 is 10.1 Å². The summed E-state index contributed by atoms with van der Waals surface area (Å²) < 4.78 is 5.17. The Labute approximate surface area is 132 Å². The molecule has 0 saturated heterocycles. The summed E-state index contributed by atoms with van der Waals surface area (Å²) in [5.41, 5.74) is 0.911. The third-order valence-corrected chi connectivity index (χ3v) is 3.18. The number of rotatable bonds is 8. The monoisotopic (exact) mass is 300 g/mol. The molecule has 0 aliphatic rings. The first kappa shape index (κ1) is 17.8. The highest BCUT2D eigenvalue weighted by atomic mass is 16.5. The molecule has 1 amide bonds. The van der Waals surface area contributed by atoms with E-state index in [4.69, 9.17) is 10.00 Å². The molecule has 22 heavy (non-hydrogen) atoms. The van der Waals surface area contributed by atoms with Gasteiger partial charge in [0.15, 0.2) is 6.61 Å². The zero-order valence-corrected chi connectivity index (χ0v) is 13.5. The average Bonchev–Trinajstić information content (AvgIpc) is 2.50. The summed E-state index contributed by atoms with van der Waals surface area (Å²) in [6.45, 7) is 6.41. The van der Waals surface area contributed by atoms with Crippen molar-refractivity contribution in [3.8, 4) is 11.8 Å². The molecule has 0 aliphatic carbocycles. The van der Waals surface area contributed by atoms with Crippen LogP contribution in [0.2, 0.25) is 0 Å². The molecule has 0 saturated carbocycles. The van der Waals surface area contributed by atoms with Crippen LogP contribution in [-0.4, -0.2) is 18.6 Å². The molecule has 0 heterocycles. The van der Waals surface area contributed by atoms with Crippen molar-refractivity contribution >= 4 is 12.0 Å². The summed E-state index contributed by atoms with van der Waals surface area (Å²) in [5.74, 6) is 1.21. The van der Waals surface area contributed by atoms with E-state index in [2.05, 4.69) is 19.2 Å². The van der Waals surface area contributed by atoms with Crippen molar-refractivity contribution in [1.29, 1.82) is 5.26 Å². The van der Waals surface area contributed by atoms with Gasteiger partial charge in [-0.15, -0.1) is 0 Å². The Morgan fingerprint density at radius 3 is 2.55 bits per heavy atom. The SMILES string of the molecule is CC(C)CCC(C)NC(=O)/C=C/c1ccc(OCC#N)cc1. The fourth-order valence-corrected chi connectivity index (χ4v) is 1.91. The number of nitrogens with zero attached hydrogens (tertiary/aromatic N) is 1. The van der Waals surface area contributed by atoms with Gasteiger partial charge in [-0.25, -0.2) is 0 Å². The smallest absolute Gasteiger partial charge is 0.244 e. The maximum absolute atomic E-state index is 11.8. The molecule has 1 atom stereocenters. The fraction of sp³-hybridized carbons (Fsp3) is 0.444. The number of benzene rings is 1. The van der Waals surface area contributed by atoms with Crippen LogP contribution in [0.4, 0.5) is 0 Å². The molecule has 0 spiro atoms. The first-order valence-electron chi connectivity index (χ1n) is 7.59. The lowest BCUT2D eigenvalue weighted by atomic mass is 10.0. The summed E-state index contributed by atoms with van der Waals surface area (Å²) in [4.78, 5) is 11.8. The first-order chi connectivity index (χ1) is 10.5. The van der Waals surface area contributed by atoms with E-state index in [1.807, 2.05) is 25.1 Å². The summed E-state index contributed by atoms with van der Waals surface area (Å²) in [6.07, 6.45) is 5.40. The predicted molar refractivity (Wildman–Crippen MR) is 88.3 cm³/mol. The molecular weight excluding hydrogens is 276 g/mol. The lowest BCUT2D eigenvalue weighted by molar-refractivity contribution is -0.117. The highest BCUT2D eigenvalue weighted by Gasteiger charge is 2.05. The van der Waals surface area contributed by atoms with Crippen LogP contribution in [0, 0.1) is 17.2 Å².